The van der Waals surface area contributed by atoms with Gasteiger partial charge in [-0.05, 0) is 43.2 Å². The number of carbonyl (C=O) groups is 1. The predicted molar refractivity (Wildman–Crippen MR) is 105 cm³/mol. The van der Waals surface area contributed by atoms with Gasteiger partial charge in [0, 0.05) is 30.8 Å². The van der Waals surface area contributed by atoms with Crippen molar-refractivity contribution in [3.05, 3.63) is 54.0 Å². The summed E-state index contributed by atoms with van der Waals surface area (Å²) in [5, 5.41) is 4.13. The summed E-state index contributed by atoms with van der Waals surface area (Å²) in [5.41, 5.74) is 1.20. The van der Waals surface area contributed by atoms with Crippen LogP contribution in [0.2, 0.25) is 0 Å². The van der Waals surface area contributed by atoms with E-state index in [9.17, 15) is 4.79 Å². The second-order valence-corrected chi connectivity index (χ2v) is 6.83. The molecule has 1 aliphatic heterocycles. The lowest BCUT2D eigenvalue weighted by molar-refractivity contribution is 0.0703. The third-order valence-corrected chi connectivity index (χ3v) is 5.03. The molecule has 0 bridgehead atoms. The van der Waals surface area contributed by atoms with E-state index in [1.54, 1.807) is 38.6 Å². The number of carbonyl (C=O) groups excluding carboxylic acids is 1. The summed E-state index contributed by atoms with van der Waals surface area (Å²) in [6.45, 7) is 1.23. The van der Waals surface area contributed by atoms with Crippen molar-refractivity contribution in [1.82, 2.24) is 20.0 Å². The molecule has 0 saturated carbocycles. The summed E-state index contributed by atoms with van der Waals surface area (Å²) < 4.78 is 15.9. The average molecular weight is 394 g/mol. The zero-order valence-electron chi connectivity index (χ0n) is 16.4. The fourth-order valence-corrected chi connectivity index (χ4v) is 3.52. The number of piperidine rings is 1. The van der Waals surface area contributed by atoms with Gasteiger partial charge in [0.05, 0.1) is 14.2 Å². The summed E-state index contributed by atoms with van der Waals surface area (Å²) in [7, 11) is 3.12. The molecule has 29 heavy (non-hydrogen) atoms. The van der Waals surface area contributed by atoms with Crippen LogP contribution in [0.4, 0.5) is 0 Å². The first-order chi connectivity index (χ1) is 14.2. The standard InChI is InChI=1S/C21H22N4O4/c1-27-17-9-8-14(12-18(17)28-2)21(26)25-11-5-6-15(13-25)19-23-20(29-24-19)16-7-3-4-10-22-16/h3-4,7-10,12,15H,5-6,11,13H2,1-2H3/t15-/m0/s1. The molecule has 3 heterocycles. The number of amides is 1. The lowest BCUT2D eigenvalue weighted by atomic mass is 9.96. The maximum atomic E-state index is 13.0. The van der Waals surface area contributed by atoms with Crippen LogP contribution in [-0.2, 0) is 0 Å². The van der Waals surface area contributed by atoms with Crippen LogP contribution >= 0.6 is 0 Å². The minimum absolute atomic E-state index is 0.0223. The largest absolute Gasteiger partial charge is 0.493 e. The van der Waals surface area contributed by atoms with Crippen molar-refractivity contribution in [2.45, 2.75) is 18.8 Å². The maximum absolute atomic E-state index is 13.0. The Hall–Kier alpha value is -3.42. The van der Waals surface area contributed by atoms with E-state index < -0.39 is 0 Å². The fraction of sp³-hybridized carbons (Fsp3) is 0.333. The number of methoxy groups -OCH3 is 2. The minimum atomic E-state index is -0.0518. The van der Waals surface area contributed by atoms with Gasteiger partial charge in [0.2, 0.25) is 0 Å². The van der Waals surface area contributed by atoms with E-state index in [1.807, 2.05) is 23.1 Å². The Labute approximate surface area is 168 Å². The minimum Gasteiger partial charge on any atom is -0.493 e. The van der Waals surface area contributed by atoms with Crippen LogP contribution in [0.25, 0.3) is 11.6 Å². The van der Waals surface area contributed by atoms with E-state index in [0.29, 0.717) is 47.6 Å². The Morgan fingerprint density at radius 1 is 1.17 bits per heavy atom. The van der Waals surface area contributed by atoms with Gasteiger partial charge in [0.1, 0.15) is 5.69 Å². The molecule has 0 N–H and O–H groups in total. The molecule has 0 unspecified atom stereocenters. The van der Waals surface area contributed by atoms with Gasteiger partial charge >= 0.3 is 0 Å². The Balaban J connectivity index is 1.50. The van der Waals surface area contributed by atoms with Gasteiger partial charge in [-0.3, -0.25) is 9.78 Å². The third-order valence-electron chi connectivity index (χ3n) is 5.03. The van der Waals surface area contributed by atoms with Crippen molar-refractivity contribution >= 4 is 5.91 Å². The number of benzene rings is 1. The second-order valence-electron chi connectivity index (χ2n) is 6.83. The smallest absolute Gasteiger partial charge is 0.276 e. The van der Waals surface area contributed by atoms with Crippen LogP contribution in [0.15, 0.2) is 47.1 Å². The summed E-state index contributed by atoms with van der Waals surface area (Å²) >= 11 is 0. The molecule has 8 heteroatoms. The lowest BCUT2D eigenvalue weighted by Gasteiger charge is -2.31. The van der Waals surface area contributed by atoms with Gasteiger partial charge in [-0.1, -0.05) is 11.2 Å². The molecule has 8 nitrogen and oxygen atoms in total. The Morgan fingerprint density at radius 2 is 2.03 bits per heavy atom. The van der Waals surface area contributed by atoms with Crippen molar-refractivity contribution in [2.75, 3.05) is 27.3 Å². The zero-order valence-corrected chi connectivity index (χ0v) is 16.4. The summed E-state index contributed by atoms with van der Waals surface area (Å²) in [6, 6.07) is 10.7. The molecule has 3 aromatic rings. The molecule has 1 aromatic carbocycles. The molecule has 1 saturated heterocycles. The van der Waals surface area contributed by atoms with Crippen LogP contribution in [0.1, 0.15) is 34.9 Å². The topological polar surface area (TPSA) is 90.6 Å². The highest BCUT2D eigenvalue weighted by molar-refractivity contribution is 5.95. The van der Waals surface area contributed by atoms with E-state index in [0.717, 1.165) is 12.8 Å². The molecule has 0 radical (unpaired) electrons. The molecule has 150 valence electrons. The number of likely N-dealkylation sites (tertiary alicyclic amines) is 1. The zero-order chi connectivity index (χ0) is 20.2. The van der Waals surface area contributed by atoms with Crippen molar-refractivity contribution in [2.24, 2.45) is 0 Å². The molecular formula is C21H22N4O4. The first-order valence-electron chi connectivity index (χ1n) is 9.46. The molecule has 4 rings (SSSR count). The molecule has 1 fully saturated rings. The number of pyridine rings is 1. The molecule has 0 aliphatic carbocycles. The van der Waals surface area contributed by atoms with E-state index >= 15 is 0 Å². The Morgan fingerprint density at radius 3 is 2.79 bits per heavy atom. The van der Waals surface area contributed by atoms with Gasteiger partial charge < -0.3 is 18.9 Å². The summed E-state index contributed by atoms with van der Waals surface area (Å²) in [6.07, 6.45) is 3.46. The highest BCUT2D eigenvalue weighted by Gasteiger charge is 2.29. The first kappa shape index (κ1) is 18.9. The van der Waals surface area contributed by atoms with E-state index in [2.05, 4.69) is 15.1 Å². The van der Waals surface area contributed by atoms with Gasteiger partial charge in [0.25, 0.3) is 11.8 Å². The van der Waals surface area contributed by atoms with E-state index in [4.69, 9.17) is 14.0 Å². The Bertz CT molecular complexity index is 989. The molecule has 2 aromatic heterocycles. The van der Waals surface area contributed by atoms with E-state index in [-0.39, 0.29) is 11.8 Å². The first-order valence-corrected chi connectivity index (χ1v) is 9.46. The molecule has 1 atom stereocenters. The Kier molecular flexibility index (Phi) is 5.41. The van der Waals surface area contributed by atoms with Gasteiger partial charge in [0.15, 0.2) is 17.3 Å². The van der Waals surface area contributed by atoms with Gasteiger partial charge in [-0.15, -0.1) is 0 Å². The van der Waals surface area contributed by atoms with Crippen molar-refractivity contribution in [3.8, 4) is 23.1 Å². The third kappa shape index (κ3) is 3.91. The summed E-state index contributed by atoms with van der Waals surface area (Å²) in [5.74, 6) is 2.09. The van der Waals surface area contributed by atoms with Crippen molar-refractivity contribution < 1.29 is 18.8 Å². The van der Waals surface area contributed by atoms with Crippen molar-refractivity contribution in [1.29, 1.82) is 0 Å². The normalized spacial score (nSPS) is 16.5. The maximum Gasteiger partial charge on any atom is 0.276 e. The van der Waals surface area contributed by atoms with Crippen LogP contribution in [0.3, 0.4) is 0 Å². The number of hydrogen-bond acceptors (Lipinski definition) is 7. The van der Waals surface area contributed by atoms with Crippen LogP contribution in [0, 0.1) is 0 Å². The molecule has 0 spiro atoms. The monoisotopic (exact) mass is 394 g/mol. The highest BCUT2D eigenvalue weighted by atomic mass is 16.5. The lowest BCUT2D eigenvalue weighted by Crippen LogP contribution is -2.39. The van der Waals surface area contributed by atoms with E-state index in [1.165, 1.54) is 0 Å². The number of ether oxygens (including phenoxy) is 2. The second kappa shape index (κ2) is 8.30. The molecular weight excluding hydrogens is 372 g/mol. The fourth-order valence-electron chi connectivity index (χ4n) is 3.52. The number of nitrogens with zero attached hydrogens (tertiary/aromatic N) is 4. The van der Waals surface area contributed by atoms with Crippen LogP contribution < -0.4 is 9.47 Å². The van der Waals surface area contributed by atoms with Gasteiger partial charge in [-0.25, -0.2) is 0 Å². The number of rotatable bonds is 5. The van der Waals surface area contributed by atoms with Crippen LogP contribution in [0.5, 0.6) is 11.5 Å². The van der Waals surface area contributed by atoms with Crippen molar-refractivity contribution in [3.63, 3.8) is 0 Å². The predicted octanol–water partition coefficient (Wildman–Crippen LogP) is 3.17. The molecule has 1 amide bonds. The van der Waals surface area contributed by atoms with Gasteiger partial charge in [-0.2, -0.15) is 4.98 Å². The number of aromatic nitrogens is 3. The SMILES string of the molecule is COc1ccc(C(=O)N2CCC[C@H](c3noc(-c4ccccn4)n3)C2)cc1OC. The summed E-state index contributed by atoms with van der Waals surface area (Å²) in [4.78, 5) is 23.6. The number of hydrogen-bond donors (Lipinski definition) is 0. The molecule has 1 aliphatic rings. The highest BCUT2D eigenvalue weighted by Crippen LogP contribution is 2.30. The quantitative estimate of drug-likeness (QED) is 0.656. The van der Waals surface area contributed by atoms with Crippen LogP contribution in [-0.4, -0.2) is 53.2 Å². The average Bonchev–Trinajstić information content (AvgIpc) is 3.29.